The van der Waals surface area contributed by atoms with Crippen LogP contribution in [0.15, 0.2) is 0 Å². The Morgan fingerprint density at radius 2 is 1.50 bits per heavy atom. The third kappa shape index (κ3) is 2.89. The highest BCUT2D eigenvalue weighted by Gasteiger charge is 2.42. The number of alkyl halides is 1. The molecule has 0 radical (unpaired) electrons. The number of carbonyl (C=O) groups is 1. The van der Waals surface area contributed by atoms with Gasteiger partial charge in [0.05, 0.1) is 5.56 Å². The molecule has 124 valence electrons. The summed E-state index contributed by atoms with van der Waals surface area (Å²) >= 11 is 5.07. The molecule has 1 aromatic rings. The third-order valence-corrected chi connectivity index (χ3v) is 5.46. The quantitative estimate of drug-likeness (QED) is 0.495. The van der Waals surface area contributed by atoms with E-state index in [1.165, 1.54) is 4.72 Å². The van der Waals surface area contributed by atoms with Crippen LogP contribution in [0.2, 0.25) is 0 Å². The summed E-state index contributed by atoms with van der Waals surface area (Å²) in [5.74, 6) is -8.47. The van der Waals surface area contributed by atoms with E-state index < -0.39 is 61.2 Å². The van der Waals surface area contributed by atoms with E-state index in [2.05, 4.69) is 0 Å². The summed E-state index contributed by atoms with van der Waals surface area (Å²) in [6, 6.07) is 0. The van der Waals surface area contributed by atoms with Gasteiger partial charge in [0.15, 0.2) is 28.0 Å². The lowest BCUT2D eigenvalue weighted by Crippen LogP contribution is -2.42. The fourth-order valence-corrected chi connectivity index (χ4v) is 2.47. The van der Waals surface area contributed by atoms with Crippen LogP contribution in [0.3, 0.4) is 0 Å². The molecule has 4 nitrogen and oxygen atoms in total. The summed E-state index contributed by atoms with van der Waals surface area (Å²) in [5, 5.41) is -1.40. The van der Waals surface area contributed by atoms with Crippen LogP contribution in [0.1, 0.15) is 19.4 Å². The van der Waals surface area contributed by atoms with Gasteiger partial charge in [-0.25, -0.2) is 30.4 Å². The maximum Gasteiger partial charge on any atom is 0.246 e. The Labute approximate surface area is 127 Å². The van der Waals surface area contributed by atoms with Gasteiger partial charge in [0.1, 0.15) is 12.4 Å². The molecule has 1 aromatic carbocycles. The number of sulfonamides is 1. The van der Waals surface area contributed by atoms with Crippen molar-refractivity contribution < 1.29 is 35.2 Å². The Morgan fingerprint density at radius 1 is 1.09 bits per heavy atom. The largest absolute Gasteiger partial charge is 0.279 e. The lowest BCUT2D eigenvalue weighted by atomic mass is 10.1. The molecule has 22 heavy (non-hydrogen) atoms. The molecule has 0 spiro atoms. The first-order chi connectivity index (χ1) is 9.88. The molecule has 0 aliphatic carbocycles. The minimum atomic E-state index is -4.85. The zero-order valence-electron chi connectivity index (χ0n) is 11.1. The smallest absolute Gasteiger partial charge is 0.246 e. The molecule has 0 fully saturated rings. The number of carbonyl (C=O) groups excluding carboxylic acids is 1. The van der Waals surface area contributed by atoms with Crippen LogP contribution in [-0.2, 0) is 21.5 Å². The van der Waals surface area contributed by atoms with Gasteiger partial charge in [-0.15, -0.1) is 0 Å². The molecule has 0 aliphatic heterocycles. The number of hydrogen-bond donors (Lipinski definition) is 1. The predicted octanol–water partition coefficient (Wildman–Crippen LogP) is 3.00. The predicted molar refractivity (Wildman–Crippen MR) is 68.6 cm³/mol. The maximum atomic E-state index is 13.6. The van der Waals surface area contributed by atoms with E-state index in [4.69, 9.17) is 11.6 Å². The number of hydrogen-bond acceptors (Lipinski definition) is 3. The molecule has 0 unspecified atom stereocenters. The van der Waals surface area contributed by atoms with Gasteiger partial charge in [-0.1, -0.05) is 0 Å². The lowest BCUT2D eigenvalue weighted by Gasteiger charge is -2.22. The molecule has 0 saturated heterocycles. The summed E-state index contributed by atoms with van der Waals surface area (Å²) in [4.78, 5) is 11.1. The van der Waals surface area contributed by atoms with Crippen molar-refractivity contribution in [3.63, 3.8) is 0 Å². The molecule has 0 saturated carbocycles. The van der Waals surface area contributed by atoms with Gasteiger partial charge in [0.25, 0.3) is 0 Å². The minimum Gasteiger partial charge on any atom is -0.279 e. The van der Waals surface area contributed by atoms with Crippen molar-refractivity contribution in [2.45, 2.75) is 25.3 Å². The van der Waals surface area contributed by atoms with Crippen molar-refractivity contribution in [2.75, 3.05) is 4.72 Å². The molecule has 0 atom stereocenters. The first kappa shape index (κ1) is 18.6. The van der Waals surface area contributed by atoms with Gasteiger partial charge in [-0.3, -0.25) is 9.52 Å². The Bertz CT molecular complexity index is 707. The summed E-state index contributed by atoms with van der Waals surface area (Å²) in [5.41, 5.74) is -3.23. The molecule has 0 aliphatic rings. The number of halogens is 6. The minimum absolute atomic E-state index is 0.809. The van der Waals surface area contributed by atoms with Crippen LogP contribution in [-0.4, -0.2) is 18.4 Å². The van der Waals surface area contributed by atoms with Crippen molar-refractivity contribution in [1.29, 1.82) is 0 Å². The molecule has 1 N–H and O–H groups in total. The van der Waals surface area contributed by atoms with Crippen molar-refractivity contribution in [3.8, 4) is 0 Å². The highest BCUT2D eigenvalue weighted by Crippen LogP contribution is 2.31. The van der Waals surface area contributed by atoms with Crippen LogP contribution >= 0.6 is 11.6 Å². The van der Waals surface area contributed by atoms with E-state index in [9.17, 15) is 35.2 Å². The van der Waals surface area contributed by atoms with E-state index in [0.717, 1.165) is 13.8 Å². The van der Waals surface area contributed by atoms with E-state index in [1.54, 1.807) is 0 Å². The molecule has 0 heterocycles. The summed E-state index contributed by atoms with van der Waals surface area (Å²) in [6.07, 6.45) is 0. The average molecular weight is 366 g/mol. The van der Waals surface area contributed by atoms with Crippen LogP contribution in [0.4, 0.5) is 27.6 Å². The van der Waals surface area contributed by atoms with Gasteiger partial charge in [-0.2, -0.15) is 0 Å². The van der Waals surface area contributed by atoms with Crippen molar-refractivity contribution >= 4 is 32.6 Å². The normalized spacial score (nSPS) is 12.4. The highest BCUT2D eigenvalue weighted by molar-refractivity contribution is 7.95. The summed E-state index contributed by atoms with van der Waals surface area (Å²) < 4.78 is 89.0. The van der Waals surface area contributed by atoms with Gasteiger partial charge < -0.3 is 0 Å². The molecular weight excluding hydrogens is 357 g/mol. The maximum absolute atomic E-state index is 13.6. The van der Waals surface area contributed by atoms with E-state index in [0.29, 0.717) is 0 Å². The monoisotopic (exact) mass is 365 g/mol. The van der Waals surface area contributed by atoms with Crippen LogP contribution in [0, 0.1) is 23.3 Å². The zero-order chi connectivity index (χ0) is 17.5. The SMILES string of the molecule is CC(C)(C(=O)Cl)S(=O)(=O)Nc1c(F)c(F)c(CF)c(F)c1F. The first-order valence-corrected chi connectivity index (χ1v) is 7.37. The molecule has 0 aromatic heterocycles. The van der Waals surface area contributed by atoms with E-state index in [1.807, 2.05) is 0 Å². The average Bonchev–Trinajstić information content (AvgIpc) is 2.41. The third-order valence-electron chi connectivity index (χ3n) is 2.87. The zero-order valence-corrected chi connectivity index (χ0v) is 12.7. The fourth-order valence-electron chi connectivity index (χ4n) is 1.25. The second-order valence-electron chi connectivity index (χ2n) is 4.63. The van der Waals surface area contributed by atoms with Crippen LogP contribution in [0.5, 0.6) is 0 Å². The summed E-state index contributed by atoms with van der Waals surface area (Å²) in [7, 11) is -4.85. The standard InChI is InChI=1S/C11H9ClF5NO3S/c1-11(2,10(12)19)22(20,21)18-9-7(16)5(14)4(3-13)6(15)8(9)17/h18H,3H2,1-2H3. The van der Waals surface area contributed by atoms with Crippen molar-refractivity contribution in [1.82, 2.24) is 0 Å². The molecule has 0 amide bonds. The van der Waals surface area contributed by atoms with Gasteiger partial charge in [0.2, 0.25) is 15.3 Å². The first-order valence-electron chi connectivity index (χ1n) is 5.51. The number of nitrogens with one attached hydrogen (secondary N) is 1. The molecule has 11 heteroatoms. The topological polar surface area (TPSA) is 63.2 Å². The number of anilines is 1. The summed E-state index contributed by atoms with van der Waals surface area (Å²) in [6.45, 7) is -0.226. The fraction of sp³-hybridized carbons (Fsp3) is 0.364. The molecule has 0 bridgehead atoms. The second-order valence-corrected chi connectivity index (χ2v) is 7.21. The van der Waals surface area contributed by atoms with Gasteiger partial charge in [0, 0.05) is 0 Å². The highest BCUT2D eigenvalue weighted by atomic mass is 35.5. The van der Waals surface area contributed by atoms with Crippen molar-refractivity contribution in [2.24, 2.45) is 0 Å². The Kier molecular flexibility index (Phi) is 5.08. The molecular formula is C11H9ClF5NO3S. The van der Waals surface area contributed by atoms with Gasteiger partial charge in [-0.05, 0) is 25.4 Å². The second kappa shape index (κ2) is 5.99. The molecule has 1 rings (SSSR count). The van der Waals surface area contributed by atoms with E-state index >= 15 is 0 Å². The van der Waals surface area contributed by atoms with Gasteiger partial charge >= 0.3 is 0 Å². The number of rotatable bonds is 5. The van der Waals surface area contributed by atoms with Crippen molar-refractivity contribution in [3.05, 3.63) is 28.8 Å². The Morgan fingerprint density at radius 3 is 1.82 bits per heavy atom. The Balaban J connectivity index is 3.52. The Hall–Kier alpha value is -1.42. The van der Waals surface area contributed by atoms with Crippen LogP contribution in [0.25, 0.3) is 0 Å². The lowest BCUT2D eigenvalue weighted by molar-refractivity contribution is -0.113. The number of benzene rings is 1. The van der Waals surface area contributed by atoms with E-state index in [-0.39, 0.29) is 0 Å². The van der Waals surface area contributed by atoms with Crippen LogP contribution < -0.4 is 4.72 Å².